The zero-order valence-electron chi connectivity index (χ0n) is 18.0. The van der Waals surface area contributed by atoms with Crippen molar-refractivity contribution in [1.29, 1.82) is 0 Å². The minimum Gasteiger partial charge on any atom is -0.489 e. The number of hydrogen-bond donors (Lipinski definition) is 3. The van der Waals surface area contributed by atoms with Gasteiger partial charge in [0.25, 0.3) is 0 Å². The Morgan fingerprint density at radius 1 is 1.15 bits per heavy atom. The molecule has 1 aromatic heterocycles. The van der Waals surface area contributed by atoms with E-state index in [1.54, 1.807) is 30.3 Å². The lowest BCUT2D eigenvalue weighted by molar-refractivity contribution is -0.137. The molecule has 2 aromatic carbocycles. The van der Waals surface area contributed by atoms with Gasteiger partial charge < -0.3 is 21.3 Å². The molecule has 0 saturated carbocycles. The van der Waals surface area contributed by atoms with Gasteiger partial charge in [-0.2, -0.15) is 13.2 Å². The molecule has 1 aliphatic heterocycles. The number of primary amides is 1. The quantitative estimate of drug-likeness (QED) is 0.491. The minimum atomic E-state index is -4.74. The molecule has 1 amide bonds. The van der Waals surface area contributed by atoms with Crippen molar-refractivity contribution >= 4 is 5.91 Å². The number of nitrogens with zero attached hydrogens (tertiary/aromatic N) is 1. The molecule has 0 saturated heterocycles. The number of aliphatic hydroxyl groups is 1. The summed E-state index contributed by atoms with van der Waals surface area (Å²) in [6, 6.07) is 11.5. The highest BCUT2D eigenvalue weighted by atomic mass is 19.4. The van der Waals surface area contributed by atoms with Gasteiger partial charge in [-0.3, -0.25) is 4.79 Å². The Morgan fingerprint density at radius 2 is 1.82 bits per heavy atom. The molecule has 2 heterocycles. The number of hydrogen-bond acceptors (Lipinski definition) is 5. The minimum absolute atomic E-state index is 0.0873. The second-order valence-corrected chi connectivity index (χ2v) is 8.34. The third-order valence-electron chi connectivity index (χ3n) is 6.14. The lowest BCUT2D eigenvalue weighted by Gasteiger charge is -2.29. The monoisotopic (exact) mass is 475 g/mol. The first-order chi connectivity index (χ1) is 15.9. The van der Waals surface area contributed by atoms with Crippen LogP contribution >= 0.6 is 0 Å². The van der Waals surface area contributed by atoms with Crippen LogP contribution in [0.15, 0.2) is 54.6 Å². The first kappa shape index (κ1) is 23.7. The van der Waals surface area contributed by atoms with Crippen molar-refractivity contribution in [2.75, 3.05) is 13.2 Å². The normalized spacial score (nSPS) is 19.3. The SMILES string of the molecule is C[C@]1(C(N)=O)COc2c1cc([C@@](O)(CN)c1ccccc1)nc2-c1cc(C(F)(F)F)ccc1F. The lowest BCUT2D eigenvalue weighted by atomic mass is 9.80. The number of ether oxygens (including phenoxy) is 1. The average molecular weight is 475 g/mol. The largest absolute Gasteiger partial charge is 0.489 e. The molecule has 0 fully saturated rings. The number of carbonyl (C=O) groups is 1. The van der Waals surface area contributed by atoms with Crippen LogP contribution in [0.3, 0.4) is 0 Å². The highest BCUT2D eigenvalue weighted by molar-refractivity contribution is 5.90. The highest BCUT2D eigenvalue weighted by Gasteiger charge is 2.46. The maximum Gasteiger partial charge on any atom is 0.416 e. The van der Waals surface area contributed by atoms with E-state index in [-0.39, 0.29) is 35.9 Å². The van der Waals surface area contributed by atoms with Crippen LogP contribution in [-0.4, -0.2) is 29.1 Å². The number of halogens is 4. The first-order valence-corrected chi connectivity index (χ1v) is 10.3. The van der Waals surface area contributed by atoms with Crippen LogP contribution in [-0.2, 0) is 22.0 Å². The van der Waals surface area contributed by atoms with Crippen LogP contribution in [0.1, 0.15) is 29.3 Å². The summed E-state index contributed by atoms with van der Waals surface area (Å²) in [5, 5.41) is 11.5. The number of aromatic nitrogens is 1. The fraction of sp³-hybridized carbons (Fsp3) is 0.250. The number of rotatable bonds is 5. The number of amides is 1. The number of carbonyl (C=O) groups excluding carboxylic acids is 1. The molecule has 0 unspecified atom stereocenters. The topological polar surface area (TPSA) is 111 Å². The van der Waals surface area contributed by atoms with Gasteiger partial charge in [-0.25, -0.2) is 9.37 Å². The molecule has 178 valence electrons. The van der Waals surface area contributed by atoms with E-state index in [9.17, 15) is 27.5 Å². The lowest BCUT2D eigenvalue weighted by Crippen LogP contribution is -2.41. The van der Waals surface area contributed by atoms with E-state index < -0.39 is 40.0 Å². The molecule has 10 heteroatoms. The molecule has 0 bridgehead atoms. The second kappa shape index (κ2) is 8.07. The molecule has 34 heavy (non-hydrogen) atoms. The molecule has 6 nitrogen and oxygen atoms in total. The van der Waals surface area contributed by atoms with E-state index in [0.717, 1.165) is 0 Å². The summed E-state index contributed by atoms with van der Waals surface area (Å²) in [6.07, 6.45) is -4.74. The Morgan fingerprint density at radius 3 is 2.41 bits per heavy atom. The Labute approximate surface area is 192 Å². The van der Waals surface area contributed by atoms with Crippen LogP contribution in [0.2, 0.25) is 0 Å². The van der Waals surface area contributed by atoms with Gasteiger partial charge in [0.1, 0.15) is 34.9 Å². The van der Waals surface area contributed by atoms with Gasteiger partial charge in [-0.05, 0) is 36.8 Å². The molecule has 0 aliphatic carbocycles. The van der Waals surface area contributed by atoms with Crippen LogP contribution in [0.5, 0.6) is 5.75 Å². The van der Waals surface area contributed by atoms with Crippen molar-refractivity contribution in [2.24, 2.45) is 11.5 Å². The summed E-state index contributed by atoms with van der Waals surface area (Å²) in [5.41, 5.74) is 6.73. The molecule has 3 aromatic rings. The zero-order chi connectivity index (χ0) is 24.9. The Hall–Kier alpha value is -3.50. The smallest absolute Gasteiger partial charge is 0.416 e. The number of benzene rings is 2. The van der Waals surface area contributed by atoms with Gasteiger partial charge in [-0.1, -0.05) is 30.3 Å². The number of pyridine rings is 1. The Balaban J connectivity index is 2.05. The molecule has 0 radical (unpaired) electrons. The predicted octanol–water partition coefficient (Wildman–Crippen LogP) is 3.24. The molecule has 5 N–H and O–H groups in total. The molecule has 1 aliphatic rings. The summed E-state index contributed by atoms with van der Waals surface area (Å²) in [6.45, 7) is 0.894. The van der Waals surface area contributed by atoms with Gasteiger partial charge in [0.15, 0.2) is 0 Å². The zero-order valence-corrected chi connectivity index (χ0v) is 18.0. The summed E-state index contributed by atoms with van der Waals surface area (Å²) >= 11 is 0. The van der Waals surface area contributed by atoms with E-state index in [0.29, 0.717) is 23.8 Å². The van der Waals surface area contributed by atoms with Gasteiger partial charge in [0.05, 0.1) is 11.3 Å². The van der Waals surface area contributed by atoms with Crippen LogP contribution < -0.4 is 16.2 Å². The average Bonchev–Trinajstić information content (AvgIpc) is 3.16. The van der Waals surface area contributed by atoms with Crippen molar-refractivity contribution < 1.29 is 32.2 Å². The van der Waals surface area contributed by atoms with Crippen molar-refractivity contribution in [1.82, 2.24) is 4.98 Å². The van der Waals surface area contributed by atoms with E-state index in [2.05, 4.69) is 4.98 Å². The molecule has 0 spiro atoms. The van der Waals surface area contributed by atoms with Gasteiger partial charge in [0, 0.05) is 17.7 Å². The molecule has 4 rings (SSSR count). The molecular weight excluding hydrogens is 454 g/mol. The second-order valence-electron chi connectivity index (χ2n) is 8.34. The summed E-state index contributed by atoms with van der Waals surface area (Å²) in [4.78, 5) is 16.6. The van der Waals surface area contributed by atoms with E-state index >= 15 is 0 Å². The van der Waals surface area contributed by atoms with E-state index in [1.807, 2.05) is 0 Å². The third-order valence-corrected chi connectivity index (χ3v) is 6.14. The van der Waals surface area contributed by atoms with Gasteiger partial charge >= 0.3 is 6.18 Å². The number of alkyl halides is 3. The van der Waals surface area contributed by atoms with Crippen molar-refractivity contribution in [3.8, 4) is 17.0 Å². The summed E-state index contributed by atoms with van der Waals surface area (Å²) in [7, 11) is 0. The predicted molar refractivity (Wildman–Crippen MR) is 115 cm³/mol. The van der Waals surface area contributed by atoms with E-state index in [1.165, 1.54) is 13.0 Å². The molecule has 2 atom stereocenters. The highest BCUT2D eigenvalue weighted by Crippen LogP contribution is 2.47. The van der Waals surface area contributed by atoms with Crippen molar-refractivity contribution in [2.45, 2.75) is 24.1 Å². The number of fused-ring (bicyclic) bond motifs is 1. The maximum absolute atomic E-state index is 14.9. The maximum atomic E-state index is 14.9. The Kier molecular flexibility index (Phi) is 5.61. The standard InChI is InChI=1S/C24H21F4N3O3/c1-22(21(30)32)12-34-20-16(22)10-18(23(33,11-29)13-5-3-2-4-6-13)31-19(20)15-9-14(24(26,27)28)7-8-17(15)25/h2-10,33H,11-12,29H2,1H3,(H2,30,32)/t22-,23+/m0/s1. The fourth-order valence-corrected chi connectivity index (χ4v) is 3.95. The van der Waals surface area contributed by atoms with Crippen LogP contribution in [0, 0.1) is 5.82 Å². The molecular formula is C24H21F4N3O3. The summed E-state index contributed by atoms with van der Waals surface area (Å²) in [5.74, 6) is -1.85. The van der Waals surface area contributed by atoms with Crippen molar-refractivity contribution in [3.05, 3.63) is 82.8 Å². The Bertz CT molecular complexity index is 1270. The van der Waals surface area contributed by atoms with Gasteiger partial charge in [0.2, 0.25) is 5.91 Å². The van der Waals surface area contributed by atoms with Crippen molar-refractivity contribution in [3.63, 3.8) is 0 Å². The number of nitrogens with two attached hydrogens (primary N) is 2. The fourth-order valence-electron chi connectivity index (χ4n) is 3.95. The third kappa shape index (κ3) is 3.68. The van der Waals surface area contributed by atoms with Crippen LogP contribution in [0.25, 0.3) is 11.3 Å². The van der Waals surface area contributed by atoms with E-state index in [4.69, 9.17) is 16.2 Å². The summed E-state index contributed by atoms with van der Waals surface area (Å²) < 4.78 is 60.6. The first-order valence-electron chi connectivity index (χ1n) is 10.3. The van der Waals surface area contributed by atoms with Gasteiger partial charge in [-0.15, -0.1) is 0 Å². The van der Waals surface area contributed by atoms with Crippen LogP contribution in [0.4, 0.5) is 17.6 Å².